The summed E-state index contributed by atoms with van der Waals surface area (Å²) in [6.07, 6.45) is 0.633. The Kier molecular flexibility index (Phi) is 9.62. The Balaban J connectivity index is 2.91. The molecule has 0 saturated heterocycles. The summed E-state index contributed by atoms with van der Waals surface area (Å²) in [5.74, 6) is 0.692. The average Bonchev–Trinajstić information content (AvgIpc) is 2.57. The molecule has 0 aliphatic heterocycles. The Morgan fingerprint density at radius 2 is 1.58 bits per heavy atom. The highest BCUT2D eigenvalue weighted by Crippen LogP contribution is 2.30. The summed E-state index contributed by atoms with van der Waals surface area (Å²) in [5.41, 5.74) is -0.379. The molecule has 0 heterocycles. The second kappa shape index (κ2) is 11.2. The molecule has 0 aliphatic rings. The van der Waals surface area contributed by atoms with Crippen molar-refractivity contribution in [1.29, 1.82) is 0 Å². The van der Waals surface area contributed by atoms with E-state index in [1.54, 1.807) is 20.3 Å². The molecular formula is C20H33NO5. The Morgan fingerprint density at radius 3 is 2.04 bits per heavy atom. The van der Waals surface area contributed by atoms with E-state index in [4.69, 9.17) is 18.9 Å². The number of methoxy groups -OCH3 is 2. The summed E-state index contributed by atoms with van der Waals surface area (Å²) in [6, 6.07) is 6.87. The van der Waals surface area contributed by atoms with Gasteiger partial charge in [-0.15, -0.1) is 0 Å². The molecule has 0 aliphatic carbocycles. The molecule has 148 valence electrons. The smallest absolute Gasteiger partial charge is 0.328 e. The number of hydrogen-bond donors (Lipinski definition) is 0. The maximum absolute atomic E-state index is 12.8. The van der Waals surface area contributed by atoms with Gasteiger partial charge in [0.25, 0.3) is 0 Å². The number of ether oxygens (including phenoxy) is 4. The molecule has 0 bridgehead atoms. The fraction of sp³-hybridized carbons (Fsp3) is 0.650. The molecule has 26 heavy (non-hydrogen) atoms. The zero-order valence-electron chi connectivity index (χ0n) is 16.9. The second-order valence-electron chi connectivity index (χ2n) is 7.03. The quantitative estimate of drug-likeness (QED) is 0.442. The predicted molar refractivity (Wildman–Crippen MR) is 102 cm³/mol. The molecule has 1 rings (SSSR count). The Morgan fingerprint density at radius 1 is 1.04 bits per heavy atom. The molecule has 6 heteroatoms. The van der Waals surface area contributed by atoms with Crippen LogP contribution in [0.15, 0.2) is 24.3 Å². The van der Waals surface area contributed by atoms with Crippen molar-refractivity contribution in [2.45, 2.75) is 45.8 Å². The van der Waals surface area contributed by atoms with Crippen LogP contribution in [0.1, 0.15) is 34.1 Å². The first-order valence-electron chi connectivity index (χ1n) is 9.04. The fourth-order valence-corrected chi connectivity index (χ4v) is 2.54. The van der Waals surface area contributed by atoms with Gasteiger partial charge in [0.2, 0.25) is 0 Å². The van der Waals surface area contributed by atoms with Crippen molar-refractivity contribution in [3.8, 4) is 11.5 Å². The Hall–Kier alpha value is -1.63. The normalized spacial score (nSPS) is 12.9. The first kappa shape index (κ1) is 22.4. The fourth-order valence-electron chi connectivity index (χ4n) is 2.54. The van der Waals surface area contributed by atoms with Crippen LogP contribution in [0.2, 0.25) is 0 Å². The third kappa shape index (κ3) is 7.72. The lowest BCUT2D eigenvalue weighted by Crippen LogP contribution is -2.46. The van der Waals surface area contributed by atoms with Gasteiger partial charge in [0.05, 0.1) is 13.2 Å². The summed E-state index contributed by atoms with van der Waals surface area (Å²) < 4.78 is 21.9. The minimum absolute atomic E-state index is 0.301. The molecule has 1 aromatic carbocycles. The summed E-state index contributed by atoms with van der Waals surface area (Å²) in [4.78, 5) is 14.9. The molecule has 0 fully saturated rings. The van der Waals surface area contributed by atoms with Crippen LogP contribution >= 0.6 is 0 Å². The summed E-state index contributed by atoms with van der Waals surface area (Å²) in [7, 11) is 3.29. The van der Waals surface area contributed by atoms with Crippen molar-refractivity contribution >= 4 is 5.97 Å². The van der Waals surface area contributed by atoms with E-state index in [-0.39, 0.29) is 17.6 Å². The maximum Gasteiger partial charge on any atom is 0.328 e. The number of nitrogens with zero attached hydrogens (tertiary/aromatic N) is 1. The van der Waals surface area contributed by atoms with Gasteiger partial charge in [-0.25, -0.2) is 4.79 Å². The average molecular weight is 367 g/mol. The van der Waals surface area contributed by atoms with Gasteiger partial charge in [0, 0.05) is 27.3 Å². The lowest BCUT2D eigenvalue weighted by molar-refractivity contribution is -0.141. The maximum atomic E-state index is 12.8. The van der Waals surface area contributed by atoms with E-state index in [2.05, 4.69) is 0 Å². The van der Waals surface area contributed by atoms with Crippen molar-refractivity contribution in [2.75, 3.05) is 40.5 Å². The van der Waals surface area contributed by atoms with Crippen LogP contribution in [-0.4, -0.2) is 63.0 Å². The van der Waals surface area contributed by atoms with E-state index in [0.717, 1.165) is 0 Å². The van der Waals surface area contributed by atoms with Gasteiger partial charge in [0.1, 0.15) is 11.6 Å². The molecular weight excluding hydrogens is 334 g/mol. The summed E-state index contributed by atoms with van der Waals surface area (Å²) >= 11 is 0. The molecule has 0 N–H and O–H groups in total. The molecule has 0 aromatic heterocycles. The van der Waals surface area contributed by atoms with E-state index < -0.39 is 0 Å². The van der Waals surface area contributed by atoms with Crippen molar-refractivity contribution in [3.63, 3.8) is 0 Å². The highest BCUT2D eigenvalue weighted by Gasteiger charge is 2.27. The van der Waals surface area contributed by atoms with Crippen molar-refractivity contribution in [3.05, 3.63) is 24.3 Å². The lowest BCUT2D eigenvalue weighted by atomic mass is 10.2. The van der Waals surface area contributed by atoms with Crippen LogP contribution < -0.4 is 9.47 Å². The third-order valence-electron chi connectivity index (χ3n) is 3.74. The number of hydrogen-bond acceptors (Lipinski definition) is 6. The number of esters is 1. The first-order valence-corrected chi connectivity index (χ1v) is 9.04. The molecule has 1 aromatic rings. The van der Waals surface area contributed by atoms with Crippen LogP contribution in [0.5, 0.6) is 11.5 Å². The molecule has 6 nitrogen and oxygen atoms in total. The van der Waals surface area contributed by atoms with Gasteiger partial charge in [-0.05, 0) is 39.3 Å². The van der Waals surface area contributed by atoms with E-state index >= 15 is 0 Å². The summed E-state index contributed by atoms with van der Waals surface area (Å²) in [5, 5.41) is 0. The number of carbonyl (C=O) groups excluding carboxylic acids is 1. The molecule has 0 amide bonds. The highest BCUT2D eigenvalue weighted by atomic mass is 16.6. The number of rotatable bonds is 11. The second-order valence-corrected chi connectivity index (χ2v) is 7.03. The number of benzene rings is 1. The molecule has 0 saturated carbocycles. The van der Waals surface area contributed by atoms with E-state index in [0.29, 0.717) is 44.2 Å². The minimum Gasteiger partial charge on any atom is -0.484 e. The Labute approximate surface area is 157 Å². The highest BCUT2D eigenvalue weighted by molar-refractivity contribution is 5.78. The lowest BCUT2D eigenvalue weighted by Gasteiger charge is -2.29. The van der Waals surface area contributed by atoms with Crippen molar-refractivity contribution in [1.82, 2.24) is 4.90 Å². The monoisotopic (exact) mass is 367 g/mol. The van der Waals surface area contributed by atoms with Crippen LogP contribution in [0, 0.1) is 0 Å². The van der Waals surface area contributed by atoms with Crippen LogP contribution in [-0.2, 0) is 14.3 Å². The largest absolute Gasteiger partial charge is 0.484 e. The first-order chi connectivity index (χ1) is 12.3. The van der Waals surface area contributed by atoms with Gasteiger partial charge in [-0.2, -0.15) is 0 Å². The van der Waals surface area contributed by atoms with Gasteiger partial charge in [0.15, 0.2) is 11.5 Å². The van der Waals surface area contributed by atoms with E-state index in [9.17, 15) is 4.79 Å². The number of carbonyl (C=O) groups is 1. The van der Waals surface area contributed by atoms with E-state index in [1.807, 2.05) is 50.8 Å². The molecule has 0 radical (unpaired) electrons. The molecule has 1 atom stereocenters. The Bertz CT molecular complexity index is 533. The van der Waals surface area contributed by atoms with Crippen molar-refractivity contribution in [2.24, 2.45) is 0 Å². The SMILES string of the molecule is CCC(C(=O)Oc1ccccc1OC(C)(C)C)N(CCOC)CCOC. The predicted octanol–water partition coefficient (Wildman–Crippen LogP) is 3.14. The van der Waals surface area contributed by atoms with Gasteiger partial charge in [-0.3, -0.25) is 4.90 Å². The van der Waals surface area contributed by atoms with E-state index in [1.165, 1.54) is 0 Å². The van der Waals surface area contributed by atoms with Gasteiger partial charge in [-0.1, -0.05) is 19.1 Å². The minimum atomic E-state index is -0.379. The molecule has 0 spiro atoms. The standard InChI is InChI=1S/C20H33NO5/c1-7-16(21(12-14-23-5)13-15-24-6)19(22)25-17-10-8-9-11-18(17)26-20(2,3)4/h8-11,16H,7,12-15H2,1-6H3. The number of para-hydroxylation sites is 2. The third-order valence-corrected chi connectivity index (χ3v) is 3.74. The zero-order valence-corrected chi connectivity index (χ0v) is 16.9. The zero-order chi connectivity index (χ0) is 19.6. The van der Waals surface area contributed by atoms with Crippen LogP contribution in [0.3, 0.4) is 0 Å². The van der Waals surface area contributed by atoms with Gasteiger partial charge < -0.3 is 18.9 Å². The van der Waals surface area contributed by atoms with Crippen LogP contribution in [0.25, 0.3) is 0 Å². The topological polar surface area (TPSA) is 57.2 Å². The van der Waals surface area contributed by atoms with Crippen LogP contribution in [0.4, 0.5) is 0 Å². The van der Waals surface area contributed by atoms with Crippen molar-refractivity contribution < 1.29 is 23.7 Å². The summed E-state index contributed by atoms with van der Waals surface area (Å²) in [6.45, 7) is 10.2. The molecule has 1 unspecified atom stereocenters. The van der Waals surface area contributed by atoms with Gasteiger partial charge >= 0.3 is 5.97 Å².